The topological polar surface area (TPSA) is 12.4 Å². The van der Waals surface area contributed by atoms with Gasteiger partial charge in [-0.05, 0) is 29.8 Å². The minimum atomic E-state index is 0.749. The summed E-state index contributed by atoms with van der Waals surface area (Å²) in [7, 11) is 0. The van der Waals surface area contributed by atoms with Gasteiger partial charge in [0.15, 0.2) is 0 Å². The Kier molecular flexibility index (Phi) is 5.28. The molecule has 19 heavy (non-hydrogen) atoms. The molecule has 0 N–H and O–H groups in total. The summed E-state index contributed by atoms with van der Waals surface area (Å²) in [5, 5.41) is 0. The van der Waals surface area contributed by atoms with Crippen LogP contribution in [0.1, 0.15) is 16.7 Å². The van der Waals surface area contributed by atoms with Crippen molar-refractivity contribution in [3.8, 4) is 11.8 Å². The monoisotopic (exact) mass is 265 g/mol. The largest absolute Gasteiger partial charge is 0.292 e. The fourth-order valence-corrected chi connectivity index (χ4v) is 1.66. The molecule has 0 fully saturated rings. The normalized spacial score (nSPS) is 10.2. The Balaban J connectivity index is 2.05. The molecule has 0 unspecified atom stereocenters. The number of thiol groups is 1. The van der Waals surface area contributed by atoms with Crippen LogP contribution < -0.4 is 0 Å². The summed E-state index contributed by atoms with van der Waals surface area (Å²) in [5.74, 6) is 7.06. The number of nitrogens with zero attached hydrogens (tertiary/aromatic N) is 1. The lowest BCUT2D eigenvalue weighted by atomic mass is 10.1. The molecule has 0 radical (unpaired) electrons. The van der Waals surface area contributed by atoms with E-state index >= 15 is 0 Å². The number of aliphatic imine (C=N–C) groups is 1. The molecule has 0 atom stereocenters. The van der Waals surface area contributed by atoms with Crippen molar-refractivity contribution in [3.63, 3.8) is 0 Å². The molecule has 0 aromatic heterocycles. The van der Waals surface area contributed by atoms with Crippen LogP contribution >= 0.6 is 12.6 Å². The van der Waals surface area contributed by atoms with Crippen LogP contribution in [0.5, 0.6) is 0 Å². The van der Waals surface area contributed by atoms with Crippen molar-refractivity contribution < 1.29 is 0 Å². The van der Waals surface area contributed by atoms with E-state index in [1.165, 1.54) is 0 Å². The van der Waals surface area contributed by atoms with E-state index in [4.69, 9.17) is 0 Å². The third kappa shape index (κ3) is 4.65. The Bertz CT molecular complexity index is 589. The Morgan fingerprint density at radius 2 is 1.53 bits per heavy atom. The van der Waals surface area contributed by atoms with Crippen molar-refractivity contribution >= 4 is 18.8 Å². The number of benzene rings is 2. The molecule has 0 bridgehead atoms. The summed E-state index contributed by atoms with van der Waals surface area (Å²) in [4.78, 5) is 4.25. The molecule has 0 aliphatic heterocycles. The van der Waals surface area contributed by atoms with Gasteiger partial charge in [0.1, 0.15) is 0 Å². The van der Waals surface area contributed by atoms with Gasteiger partial charge >= 0.3 is 0 Å². The fourth-order valence-electron chi connectivity index (χ4n) is 1.55. The third-order valence-corrected chi connectivity index (χ3v) is 2.71. The molecule has 2 aromatic rings. The van der Waals surface area contributed by atoms with E-state index in [-0.39, 0.29) is 0 Å². The lowest BCUT2D eigenvalue weighted by Gasteiger charge is -1.94. The van der Waals surface area contributed by atoms with Crippen molar-refractivity contribution in [2.45, 2.75) is 0 Å². The average molecular weight is 265 g/mol. The second kappa shape index (κ2) is 7.45. The summed E-state index contributed by atoms with van der Waals surface area (Å²) in [5.41, 5.74) is 3.13. The van der Waals surface area contributed by atoms with Crippen LogP contribution in [-0.4, -0.2) is 18.5 Å². The van der Waals surface area contributed by atoms with Crippen LogP contribution in [0.25, 0.3) is 0 Å². The fraction of sp³-hybridized carbons (Fsp3) is 0.118. The molecule has 0 spiro atoms. The van der Waals surface area contributed by atoms with Crippen molar-refractivity contribution in [2.24, 2.45) is 4.99 Å². The van der Waals surface area contributed by atoms with Crippen molar-refractivity contribution in [1.82, 2.24) is 0 Å². The van der Waals surface area contributed by atoms with Gasteiger partial charge in [0.05, 0.1) is 0 Å². The maximum absolute atomic E-state index is 4.25. The Labute approximate surface area is 119 Å². The van der Waals surface area contributed by atoms with Crippen molar-refractivity contribution in [1.29, 1.82) is 0 Å². The van der Waals surface area contributed by atoms with Crippen LogP contribution in [0.4, 0.5) is 0 Å². The molecule has 0 aliphatic rings. The van der Waals surface area contributed by atoms with Gasteiger partial charge in [-0.1, -0.05) is 42.2 Å². The zero-order chi connectivity index (χ0) is 13.3. The zero-order valence-electron chi connectivity index (χ0n) is 10.6. The van der Waals surface area contributed by atoms with E-state index in [0.717, 1.165) is 29.0 Å². The number of rotatable bonds is 3. The smallest absolute Gasteiger partial charge is 0.0477 e. The lowest BCUT2D eigenvalue weighted by molar-refractivity contribution is 1.16. The highest BCUT2D eigenvalue weighted by Gasteiger charge is 1.89. The van der Waals surface area contributed by atoms with Gasteiger partial charge in [-0.25, -0.2) is 0 Å². The molecule has 0 heterocycles. The Morgan fingerprint density at radius 1 is 0.895 bits per heavy atom. The molecule has 0 saturated carbocycles. The minimum Gasteiger partial charge on any atom is -0.292 e. The molecule has 94 valence electrons. The number of hydrogen-bond acceptors (Lipinski definition) is 2. The van der Waals surface area contributed by atoms with Crippen molar-refractivity contribution in [3.05, 3.63) is 71.3 Å². The van der Waals surface area contributed by atoms with Crippen LogP contribution in [0.3, 0.4) is 0 Å². The highest BCUT2D eigenvalue weighted by Crippen LogP contribution is 2.02. The molecule has 1 nitrogen and oxygen atoms in total. The van der Waals surface area contributed by atoms with E-state index in [2.05, 4.69) is 29.5 Å². The van der Waals surface area contributed by atoms with Crippen LogP contribution in [-0.2, 0) is 0 Å². The van der Waals surface area contributed by atoms with Crippen LogP contribution in [0.2, 0.25) is 0 Å². The molecular weight excluding hydrogens is 250 g/mol. The predicted octanol–water partition coefficient (Wildman–Crippen LogP) is 3.44. The maximum atomic E-state index is 4.25. The highest BCUT2D eigenvalue weighted by molar-refractivity contribution is 7.80. The van der Waals surface area contributed by atoms with Gasteiger partial charge in [0.25, 0.3) is 0 Å². The van der Waals surface area contributed by atoms with Gasteiger partial charge in [0.2, 0.25) is 0 Å². The number of hydrogen-bond donors (Lipinski definition) is 1. The van der Waals surface area contributed by atoms with Crippen LogP contribution in [0.15, 0.2) is 59.6 Å². The average Bonchev–Trinajstić information content (AvgIpc) is 2.48. The summed E-state index contributed by atoms with van der Waals surface area (Å²) in [6.07, 6.45) is 1.87. The summed E-state index contributed by atoms with van der Waals surface area (Å²) in [6.45, 7) is 0.749. The second-order valence-corrected chi connectivity index (χ2v) is 4.44. The summed E-state index contributed by atoms with van der Waals surface area (Å²) < 4.78 is 0. The summed E-state index contributed by atoms with van der Waals surface area (Å²) >= 11 is 4.11. The van der Waals surface area contributed by atoms with E-state index in [1.807, 2.05) is 60.8 Å². The van der Waals surface area contributed by atoms with Gasteiger partial charge in [-0.2, -0.15) is 12.6 Å². The molecule has 2 heteroatoms. The highest BCUT2D eigenvalue weighted by atomic mass is 32.1. The van der Waals surface area contributed by atoms with Gasteiger partial charge < -0.3 is 0 Å². The lowest BCUT2D eigenvalue weighted by Crippen LogP contribution is -1.85. The maximum Gasteiger partial charge on any atom is 0.0477 e. The van der Waals surface area contributed by atoms with E-state index in [0.29, 0.717) is 0 Å². The minimum absolute atomic E-state index is 0.749. The Hall–Kier alpha value is -1.98. The van der Waals surface area contributed by atoms with Gasteiger partial charge in [-0.3, -0.25) is 4.99 Å². The molecular formula is C17H15NS. The standard InChI is InChI=1S/C17H15NS/c19-13-12-18-14-17-10-8-16(9-11-17)7-6-15-4-2-1-3-5-15/h1-5,8-11,14,19H,12-13H2/b18-14+. The predicted molar refractivity (Wildman–Crippen MR) is 85.2 cm³/mol. The van der Waals surface area contributed by atoms with Gasteiger partial charge in [-0.15, -0.1) is 0 Å². The van der Waals surface area contributed by atoms with Crippen LogP contribution in [0, 0.1) is 11.8 Å². The van der Waals surface area contributed by atoms with Gasteiger partial charge in [0, 0.05) is 29.6 Å². The molecule has 0 saturated heterocycles. The zero-order valence-corrected chi connectivity index (χ0v) is 11.5. The SMILES string of the molecule is SCC/N=C/c1ccc(C#Cc2ccccc2)cc1. The van der Waals surface area contributed by atoms with Crippen molar-refractivity contribution in [2.75, 3.05) is 12.3 Å². The first-order valence-corrected chi connectivity index (χ1v) is 6.79. The molecule has 2 rings (SSSR count). The quantitative estimate of drug-likeness (QED) is 0.496. The second-order valence-electron chi connectivity index (χ2n) is 4.00. The first-order chi connectivity index (χ1) is 9.38. The van der Waals surface area contributed by atoms with E-state index in [1.54, 1.807) is 0 Å². The molecule has 2 aromatic carbocycles. The Morgan fingerprint density at radius 3 is 2.16 bits per heavy atom. The third-order valence-electron chi connectivity index (χ3n) is 2.51. The van der Waals surface area contributed by atoms with E-state index < -0.39 is 0 Å². The first-order valence-electron chi connectivity index (χ1n) is 6.16. The molecule has 0 aliphatic carbocycles. The molecule has 0 amide bonds. The first kappa shape index (κ1) is 13.5. The summed E-state index contributed by atoms with van der Waals surface area (Å²) in [6, 6.07) is 18.1. The van der Waals surface area contributed by atoms with E-state index in [9.17, 15) is 0 Å².